The Morgan fingerprint density at radius 2 is 1.37 bits per heavy atom. The van der Waals surface area contributed by atoms with Crippen LogP contribution >= 0.6 is 0 Å². The molecular formula is C33H26F8N2O3. The Bertz CT molecular complexity index is 1740. The molecule has 0 bridgehead atoms. The van der Waals surface area contributed by atoms with Crippen molar-refractivity contribution < 1.29 is 49.8 Å². The highest BCUT2D eigenvalue weighted by atomic mass is 19.4. The summed E-state index contributed by atoms with van der Waals surface area (Å²) in [5.74, 6) is -3.58. The van der Waals surface area contributed by atoms with E-state index in [1.807, 2.05) is 0 Å². The van der Waals surface area contributed by atoms with Gasteiger partial charge in [-0.05, 0) is 79.1 Å². The van der Waals surface area contributed by atoms with Crippen LogP contribution in [0.25, 0.3) is 0 Å². The third kappa shape index (κ3) is 7.30. The molecule has 5 nitrogen and oxygen atoms in total. The molecule has 0 aliphatic carbocycles. The lowest BCUT2D eigenvalue weighted by Gasteiger charge is -2.38. The standard InChI is InChI=1S/C33H26F8N2O3/c1-19(2)43(30(45)46)28-17-22(11-12-27(28)35)31(18-20-7-4-3-5-8-20,24-14-25(33(39,40)41)16-26(34)15-24)42-29(44)21-9-6-10-23(13-21)32(36,37)38/h3-17,19H,18H2,1-2H3,(H,42,44)(H,45,46)/t31-/m1/s1. The highest BCUT2D eigenvalue weighted by molar-refractivity contribution is 5.95. The smallest absolute Gasteiger partial charge is 0.416 e. The molecule has 0 spiro atoms. The van der Waals surface area contributed by atoms with Gasteiger partial charge >= 0.3 is 18.4 Å². The number of alkyl halides is 6. The summed E-state index contributed by atoms with van der Waals surface area (Å²) in [6.07, 6.45) is -11.9. The fourth-order valence-corrected chi connectivity index (χ4v) is 5.13. The number of amides is 2. The van der Waals surface area contributed by atoms with Crippen LogP contribution in [0.2, 0.25) is 0 Å². The highest BCUT2D eigenvalue weighted by Gasteiger charge is 2.41. The van der Waals surface area contributed by atoms with Gasteiger partial charge in [-0.25, -0.2) is 13.6 Å². The minimum Gasteiger partial charge on any atom is -0.465 e. The summed E-state index contributed by atoms with van der Waals surface area (Å²) < 4.78 is 113. The summed E-state index contributed by atoms with van der Waals surface area (Å²) in [4.78, 5) is 26.5. The number of carbonyl (C=O) groups is 2. The van der Waals surface area contributed by atoms with Crippen molar-refractivity contribution in [2.75, 3.05) is 4.90 Å². The monoisotopic (exact) mass is 650 g/mol. The Morgan fingerprint density at radius 3 is 1.96 bits per heavy atom. The molecule has 0 aromatic heterocycles. The molecule has 0 radical (unpaired) electrons. The first-order valence-corrected chi connectivity index (χ1v) is 13.7. The van der Waals surface area contributed by atoms with Crippen LogP contribution in [0.3, 0.4) is 0 Å². The van der Waals surface area contributed by atoms with Gasteiger partial charge < -0.3 is 10.4 Å². The normalized spacial score (nSPS) is 13.3. The van der Waals surface area contributed by atoms with Crippen molar-refractivity contribution in [2.45, 2.75) is 44.2 Å². The van der Waals surface area contributed by atoms with Crippen molar-refractivity contribution in [1.82, 2.24) is 5.32 Å². The van der Waals surface area contributed by atoms with Gasteiger partial charge in [0.25, 0.3) is 5.91 Å². The zero-order valence-electron chi connectivity index (χ0n) is 24.2. The van der Waals surface area contributed by atoms with Crippen LogP contribution in [-0.2, 0) is 24.3 Å². The molecule has 13 heteroatoms. The van der Waals surface area contributed by atoms with Crippen molar-refractivity contribution in [3.63, 3.8) is 0 Å². The number of nitrogens with zero attached hydrogens (tertiary/aromatic N) is 1. The molecule has 4 aromatic rings. The largest absolute Gasteiger partial charge is 0.465 e. The molecule has 2 N–H and O–H groups in total. The third-order valence-electron chi connectivity index (χ3n) is 7.23. The second-order valence-corrected chi connectivity index (χ2v) is 10.7. The number of hydrogen-bond donors (Lipinski definition) is 2. The number of halogens is 8. The molecule has 0 saturated carbocycles. The number of anilines is 1. The van der Waals surface area contributed by atoms with Crippen LogP contribution in [0.5, 0.6) is 0 Å². The molecule has 0 heterocycles. The zero-order valence-corrected chi connectivity index (χ0v) is 24.2. The van der Waals surface area contributed by atoms with Gasteiger partial charge in [-0.15, -0.1) is 0 Å². The molecule has 0 fully saturated rings. The Balaban J connectivity index is 2.08. The zero-order chi connectivity index (χ0) is 34.0. The van der Waals surface area contributed by atoms with Crippen molar-refractivity contribution in [3.8, 4) is 0 Å². The van der Waals surface area contributed by atoms with Crippen LogP contribution in [0.15, 0.2) is 91.0 Å². The van der Waals surface area contributed by atoms with Crippen LogP contribution in [-0.4, -0.2) is 23.1 Å². The predicted molar refractivity (Wildman–Crippen MR) is 153 cm³/mol. The van der Waals surface area contributed by atoms with Crippen molar-refractivity contribution in [1.29, 1.82) is 0 Å². The molecule has 1 atom stereocenters. The van der Waals surface area contributed by atoms with E-state index in [0.717, 1.165) is 36.4 Å². The molecule has 46 heavy (non-hydrogen) atoms. The number of rotatable bonds is 8. The molecule has 0 saturated heterocycles. The van der Waals surface area contributed by atoms with E-state index in [2.05, 4.69) is 5.32 Å². The van der Waals surface area contributed by atoms with E-state index in [9.17, 15) is 45.4 Å². The molecule has 0 unspecified atom stereocenters. The minimum absolute atomic E-state index is 0.182. The van der Waals surface area contributed by atoms with Gasteiger partial charge in [0.1, 0.15) is 11.6 Å². The van der Waals surface area contributed by atoms with E-state index in [1.165, 1.54) is 26.0 Å². The Labute approximate surface area is 258 Å². The van der Waals surface area contributed by atoms with Crippen LogP contribution < -0.4 is 10.2 Å². The molecular weight excluding hydrogens is 624 g/mol. The lowest BCUT2D eigenvalue weighted by atomic mass is 9.76. The number of carboxylic acid groups (broad SMARTS) is 1. The quantitative estimate of drug-likeness (QED) is 0.187. The van der Waals surface area contributed by atoms with E-state index < -0.39 is 81.9 Å². The first-order chi connectivity index (χ1) is 21.4. The summed E-state index contributed by atoms with van der Waals surface area (Å²) in [6, 6.07) is 14.7. The Hall–Kier alpha value is -4.94. The fourth-order valence-electron chi connectivity index (χ4n) is 5.13. The van der Waals surface area contributed by atoms with Gasteiger partial charge in [-0.3, -0.25) is 9.69 Å². The van der Waals surface area contributed by atoms with Crippen molar-refractivity contribution >= 4 is 17.7 Å². The number of benzene rings is 4. The SMILES string of the molecule is CC(C)N(C(=O)O)c1cc([C@@](Cc2ccccc2)(NC(=O)c2cccc(C(F)(F)F)c2)c2cc(F)cc(C(F)(F)F)c2)ccc1F. The van der Waals surface area contributed by atoms with E-state index in [4.69, 9.17) is 0 Å². The Morgan fingerprint density at radius 1 is 0.739 bits per heavy atom. The highest BCUT2D eigenvalue weighted by Crippen LogP contribution is 2.40. The van der Waals surface area contributed by atoms with Crippen LogP contribution in [0.4, 0.5) is 45.6 Å². The third-order valence-corrected chi connectivity index (χ3v) is 7.23. The molecule has 4 aromatic carbocycles. The average molecular weight is 651 g/mol. The second kappa shape index (κ2) is 12.8. The van der Waals surface area contributed by atoms with Crippen molar-refractivity contribution in [3.05, 3.63) is 136 Å². The van der Waals surface area contributed by atoms with E-state index in [1.54, 1.807) is 18.2 Å². The molecule has 2 amide bonds. The molecule has 0 aliphatic rings. The summed E-state index contributed by atoms with van der Waals surface area (Å²) >= 11 is 0. The van der Waals surface area contributed by atoms with E-state index in [0.29, 0.717) is 28.7 Å². The predicted octanol–water partition coefficient (Wildman–Crippen LogP) is 8.81. The number of carbonyl (C=O) groups excluding carboxylic acids is 1. The topological polar surface area (TPSA) is 69.6 Å². The first-order valence-electron chi connectivity index (χ1n) is 13.7. The average Bonchev–Trinajstić information content (AvgIpc) is 2.97. The van der Waals surface area contributed by atoms with Gasteiger partial charge in [0.05, 0.1) is 22.4 Å². The summed E-state index contributed by atoms with van der Waals surface area (Å²) in [6.45, 7) is 2.88. The maximum atomic E-state index is 15.2. The van der Waals surface area contributed by atoms with Crippen LogP contribution in [0.1, 0.15) is 52.0 Å². The Kier molecular flexibility index (Phi) is 9.46. The van der Waals surface area contributed by atoms with Gasteiger partial charge in [-0.2, -0.15) is 26.3 Å². The summed E-state index contributed by atoms with van der Waals surface area (Å²) in [5.41, 5.74) is -6.21. The van der Waals surface area contributed by atoms with Gasteiger partial charge in [0.2, 0.25) is 0 Å². The van der Waals surface area contributed by atoms with E-state index >= 15 is 4.39 Å². The maximum Gasteiger partial charge on any atom is 0.416 e. The molecule has 0 aliphatic heterocycles. The summed E-state index contributed by atoms with van der Waals surface area (Å²) in [7, 11) is 0. The minimum atomic E-state index is -5.06. The molecule has 4 rings (SSSR count). The first kappa shape index (κ1) is 33.9. The van der Waals surface area contributed by atoms with Gasteiger partial charge in [0, 0.05) is 18.0 Å². The van der Waals surface area contributed by atoms with Gasteiger partial charge in [-0.1, -0.05) is 42.5 Å². The molecule has 242 valence electrons. The summed E-state index contributed by atoms with van der Waals surface area (Å²) in [5, 5.41) is 12.4. The van der Waals surface area contributed by atoms with Crippen molar-refractivity contribution in [2.24, 2.45) is 0 Å². The van der Waals surface area contributed by atoms with E-state index in [-0.39, 0.29) is 11.6 Å². The lowest BCUT2D eigenvalue weighted by Crippen LogP contribution is -2.49. The second-order valence-electron chi connectivity index (χ2n) is 10.7. The lowest BCUT2D eigenvalue weighted by molar-refractivity contribution is -0.138. The number of nitrogens with one attached hydrogen (secondary N) is 1. The number of hydrogen-bond acceptors (Lipinski definition) is 2. The van der Waals surface area contributed by atoms with Crippen LogP contribution in [0, 0.1) is 11.6 Å². The maximum absolute atomic E-state index is 15.2. The van der Waals surface area contributed by atoms with Gasteiger partial charge in [0.15, 0.2) is 0 Å². The fraction of sp³-hybridized carbons (Fsp3) is 0.212.